The Bertz CT molecular complexity index is 5170. The van der Waals surface area contributed by atoms with E-state index in [0.717, 1.165) is 88.9 Å². The van der Waals surface area contributed by atoms with Gasteiger partial charge in [-0.2, -0.15) is 0 Å². The Morgan fingerprint density at radius 3 is 1.10 bits per heavy atom. The minimum absolute atomic E-state index is 0.282. The summed E-state index contributed by atoms with van der Waals surface area (Å²) in [7, 11) is 3.23. The van der Waals surface area contributed by atoms with Crippen LogP contribution in [0.15, 0.2) is 200 Å². The number of amides is 4. The number of carbonyl (C=O) groups is 5. The lowest BCUT2D eigenvalue weighted by Crippen LogP contribution is -2.42. The number of hydrogen-bond acceptors (Lipinski definition) is 13. The van der Waals surface area contributed by atoms with Gasteiger partial charge in [0.1, 0.15) is 59.2 Å². The molecule has 3 unspecified atom stereocenters. The first-order chi connectivity index (χ1) is 51.4. The van der Waals surface area contributed by atoms with E-state index in [1.807, 2.05) is 103 Å². The first-order valence-electron chi connectivity index (χ1n) is 33.9. The monoisotopic (exact) mass is 1520 g/mol. The van der Waals surface area contributed by atoms with Gasteiger partial charge in [0.25, 0.3) is 0 Å². The number of methoxy groups -OCH3 is 2. The number of H-pyrrole nitrogens is 3. The molecule has 106 heavy (non-hydrogen) atoms. The van der Waals surface area contributed by atoms with Gasteiger partial charge in [0.05, 0.1) is 20.3 Å². The Kier molecular flexibility index (Phi) is 22.9. The maximum absolute atomic E-state index is 13.4. The molecule has 0 saturated heterocycles. The summed E-state index contributed by atoms with van der Waals surface area (Å²) >= 11 is 30.8. The Morgan fingerprint density at radius 1 is 0.415 bits per heavy atom. The fourth-order valence-corrected chi connectivity index (χ4v) is 14.2. The number of halogens is 5. The predicted octanol–water partition coefficient (Wildman–Crippen LogP) is 19.7. The molecule has 3 aliphatic heterocycles. The van der Waals surface area contributed by atoms with Crippen LogP contribution in [0, 0.1) is 0 Å². The second kappa shape index (κ2) is 33.1. The summed E-state index contributed by atoms with van der Waals surface area (Å²) in [5, 5.41) is 8.94. The van der Waals surface area contributed by atoms with E-state index in [1.165, 1.54) is 6.92 Å². The number of hydrogen-bond donors (Lipinski definition) is 4. The molecule has 6 heterocycles. The number of anilines is 1. The number of carbonyl (C=O) groups excluding carboxylic acids is 5. The van der Waals surface area contributed by atoms with Crippen LogP contribution in [-0.4, -0.2) is 114 Å². The van der Waals surface area contributed by atoms with E-state index in [1.54, 1.807) is 133 Å². The number of rotatable bonds is 14. The maximum atomic E-state index is 13.4. The van der Waals surface area contributed by atoms with Crippen LogP contribution in [0.3, 0.4) is 0 Å². The van der Waals surface area contributed by atoms with Crippen LogP contribution in [0.5, 0.6) is 34.5 Å². The molecule has 3 aromatic heterocycles. The Balaban J connectivity index is 0.000000141. The molecule has 25 heteroatoms. The van der Waals surface area contributed by atoms with E-state index in [2.05, 4.69) is 20.3 Å². The third-order valence-electron chi connectivity index (χ3n) is 18.2. The molecule has 0 saturated carbocycles. The molecule has 15 rings (SSSR count). The van der Waals surface area contributed by atoms with E-state index in [0.29, 0.717) is 112 Å². The number of aromatic nitrogens is 3. The van der Waals surface area contributed by atoms with Crippen LogP contribution in [0.25, 0.3) is 32.7 Å². The van der Waals surface area contributed by atoms with Crippen molar-refractivity contribution in [1.82, 2.24) is 29.7 Å². The van der Waals surface area contributed by atoms with Crippen molar-refractivity contribution < 1.29 is 61.9 Å². The first kappa shape index (κ1) is 73.5. The number of nitrogens with one attached hydrogen (secondary N) is 4. The number of nitrogens with zero attached hydrogens (tertiary/aromatic N) is 3. The molecule has 0 spiro atoms. The number of ether oxygens (including phenoxy) is 8. The van der Waals surface area contributed by atoms with Crippen LogP contribution in [-0.2, 0) is 33.5 Å². The summed E-state index contributed by atoms with van der Waals surface area (Å²) in [5.74, 6) is 2.75. The molecule has 12 aromatic rings. The average Bonchev–Trinajstić information content (AvgIpc) is 1.59. The molecular formula is C81H70Cl5N7O13. The van der Waals surface area contributed by atoms with Crippen LogP contribution >= 0.6 is 58.0 Å². The molecule has 4 N–H and O–H groups in total. The van der Waals surface area contributed by atoms with Gasteiger partial charge in [-0.05, 0) is 223 Å². The van der Waals surface area contributed by atoms with E-state index < -0.39 is 42.4 Å². The van der Waals surface area contributed by atoms with Crippen molar-refractivity contribution in [2.45, 2.75) is 51.2 Å². The molecule has 0 aliphatic carbocycles. The Morgan fingerprint density at radius 2 is 0.745 bits per heavy atom. The lowest BCUT2D eigenvalue weighted by molar-refractivity contribution is -0.131. The lowest BCUT2D eigenvalue weighted by atomic mass is 9.92. The highest BCUT2D eigenvalue weighted by Crippen LogP contribution is 2.44. The van der Waals surface area contributed by atoms with Gasteiger partial charge in [0.2, 0.25) is 0 Å². The highest BCUT2D eigenvalue weighted by atomic mass is 35.5. The zero-order chi connectivity index (χ0) is 74.1. The standard InChI is InChI=1S/C28H27ClN2O5.C27H23Cl2N3O4.C26H20Cl2N2O4/c1-33-15-16-35-21-6-3-18(4-7-21)27-26-23(24-17-19(29)5-12-25(24)30-26)13-14-31(27)28(32)36-22-10-8-20(34-2)9-11-22;1-2-35-26(33)30-19-8-3-16(4-9-19)25-24-21(22-15-18(29)7-12-23(22)31-24)13-14-32(25)27(34)36-20-10-5-17(28)6-11-20;1-15(31)33-19-7-2-16(3-8-19)25-24-21(22-14-18(28)6-11-23(22)29-24)12-13-30(25)26(32)34-20-9-4-17(27)5-10-20/h3-12,17,27,30H,13-16H2,1-2H3;3-12,15,25,31H,2,13-14H2,1H3,(H,30,33);2-11,14,25,29H,12-13H2,1H3. The van der Waals surface area contributed by atoms with Crippen molar-refractivity contribution in [3.63, 3.8) is 0 Å². The largest absolute Gasteiger partial charge is 0.497 e. The van der Waals surface area contributed by atoms with Gasteiger partial charge < -0.3 is 52.8 Å². The molecular weight excluding hydrogens is 1460 g/mol. The predicted molar refractivity (Wildman–Crippen MR) is 409 cm³/mol. The zero-order valence-electron chi connectivity index (χ0n) is 57.7. The van der Waals surface area contributed by atoms with Crippen molar-refractivity contribution in [3.05, 3.63) is 276 Å². The van der Waals surface area contributed by atoms with E-state index >= 15 is 0 Å². The number of esters is 1. The highest BCUT2D eigenvalue weighted by molar-refractivity contribution is 6.32. The third kappa shape index (κ3) is 16.8. The summed E-state index contributed by atoms with van der Waals surface area (Å²) < 4.78 is 43.2. The number of benzene rings is 9. The maximum Gasteiger partial charge on any atom is 0.416 e. The minimum Gasteiger partial charge on any atom is -0.497 e. The fourth-order valence-electron chi connectivity index (χ4n) is 13.4. The molecule has 20 nitrogen and oxygen atoms in total. The van der Waals surface area contributed by atoms with Gasteiger partial charge in [0.15, 0.2) is 0 Å². The van der Waals surface area contributed by atoms with Gasteiger partial charge in [0, 0.05) is 114 Å². The van der Waals surface area contributed by atoms with Crippen molar-refractivity contribution in [2.75, 3.05) is 59.0 Å². The smallest absolute Gasteiger partial charge is 0.416 e. The topological polar surface area (TPSA) is 228 Å². The van der Waals surface area contributed by atoms with Crippen LogP contribution in [0.4, 0.5) is 24.9 Å². The van der Waals surface area contributed by atoms with Gasteiger partial charge in [-0.25, -0.2) is 19.2 Å². The lowest BCUT2D eigenvalue weighted by Gasteiger charge is -2.35. The molecule has 542 valence electrons. The van der Waals surface area contributed by atoms with E-state index in [4.69, 9.17) is 95.9 Å². The molecule has 0 radical (unpaired) electrons. The third-order valence-corrected chi connectivity index (χ3v) is 19.4. The van der Waals surface area contributed by atoms with E-state index in [9.17, 15) is 24.0 Å². The summed E-state index contributed by atoms with van der Waals surface area (Å²) in [6.45, 7) is 5.76. The average molecular weight is 1530 g/mol. The summed E-state index contributed by atoms with van der Waals surface area (Å²) in [5.41, 5.74) is 12.3. The SMILES string of the molecule is CC(=O)Oc1ccc(C2c3[nH]c4ccc(Cl)cc4c3CCN2C(=O)Oc2ccc(Cl)cc2)cc1.CCOC(=O)Nc1ccc(C2c3[nH]c4ccc(Cl)cc4c3CCN2C(=O)Oc2ccc(Cl)cc2)cc1.COCCOc1ccc(C2c3[nH]c4ccc(Cl)cc4c3CCN2C(=O)Oc2ccc(OC)cc2)cc1. The highest BCUT2D eigenvalue weighted by Gasteiger charge is 2.39. The summed E-state index contributed by atoms with van der Waals surface area (Å²) in [6.07, 6.45) is 0.0795. The van der Waals surface area contributed by atoms with Gasteiger partial charge in [-0.1, -0.05) is 94.4 Å². The van der Waals surface area contributed by atoms with E-state index in [-0.39, 0.29) is 12.6 Å². The van der Waals surface area contributed by atoms with Crippen LogP contribution in [0.1, 0.15) is 82.4 Å². The zero-order valence-corrected chi connectivity index (χ0v) is 61.5. The molecule has 3 atom stereocenters. The fraction of sp³-hybridized carbons (Fsp3) is 0.198. The second-order valence-electron chi connectivity index (χ2n) is 24.9. The summed E-state index contributed by atoms with van der Waals surface area (Å²) in [6, 6.07) is 58.5. The Labute approximate surface area is 634 Å². The summed E-state index contributed by atoms with van der Waals surface area (Å²) in [4.78, 5) is 78.8. The van der Waals surface area contributed by atoms with Gasteiger partial charge in [-0.15, -0.1) is 0 Å². The number of aromatic amines is 3. The van der Waals surface area contributed by atoms with Crippen LogP contribution < -0.4 is 33.7 Å². The normalized spacial score (nSPS) is 15.0. The van der Waals surface area contributed by atoms with Crippen molar-refractivity contribution in [3.8, 4) is 34.5 Å². The quantitative estimate of drug-likeness (QED) is 0.0452. The van der Waals surface area contributed by atoms with Crippen molar-refractivity contribution in [2.24, 2.45) is 0 Å². The van der Waals surface area contributed by atoms with Crippen molar-refractivity contribution in [1.29, 1.82) is 0 Å². The molecule has 4 amide bonds. The Hall–Kier alpha value is -10.8. The second-order valence-corrected chi connectivity index (χ2v) is 27.1. The molecule has 3 aliphatic rings. The molecule has 0 fully saturated rings. The molecule has 9 aromatic carbocycles. The van der Waals surface area contributed by atoms with Gasteiger partial charge in [-0.3, -0.25) is 24.8 Å². The minimum atomic E-state index is -0.522. The van der Waals surface area contributed by atoms with Crippen molar-refractivity contribution >= 4 is 127 Å². The van der Waals surface area contributed by atoms with Gasteiger partial charge >= 0.3 is 30.3 Å². The first-order valence-corrected chi connectivity index (χ1v) is 35.8. The molecule has 0 bridgehead atoms. The number of fused-ring (bicyclic) bond motifs is 9. The van der Waals surface area contributed by atoms with Crippen LogP contribution in [0.2, 0.25) is 25.1 Å².